The van der Waals surface area contributed by atoms with E-state index in [0.29, 0.717) is 35.8 Å². The molecule has 0 aromatic heterocycles. The van der Waals surface area contributed by atoms with Crippen molar-refractivity contribution in [2.24, 2.45) is 0 Å². The normalized spacial score (nSPS) is 10.2. The zero-order chi connectivity index (χ0) is 17.4. The van der Waals surface area contributed by atoms with Crippen LogP contribution in [-0.2, 0) is 0 Å². The Morgan fingerprint density at radius 2 is 1.17 bits per heavy atom. The molecule has 2 aromatic rings. The smallest absolute Gasteiger partial charge is 0.252 e. The SMILES string of the molecule is O=C(Cl)c1cccc(OCCCCOc2cccc(C(=O)Cl)c2)c1. The average Bonchev–Trinajstić information content (AvgIpc) is 2.58. The molecule has 0 unspecified atom stereocenters. The molecule has 0 amide bonds. The molecule has 0 spiro atoms. The van der Waals surface area contributed by atoms with Gasteiger partial charge in [0.1, 0.15) is 11.5 Å². The van der Waals surface area contributed by atoms with Crippen molar-refractivity contribution in [2.75, 3.05) is 13.2 Å². The van der Waals surface area contributed by atoms with Crippen LogP contribution in [-0.4, -0.2) is 23.7 Å². The third-order valence-electron chi connectivity index (χ3n) is 3.20. The van der Waals surface area contributed by atoms with Crippen LogP contribution in [0.5, 0.6) is 11.5 Å². The Morgan fingerprint density at radius 1 is 0.750 bits per heavy atom. The van der Waals surface area contributed by atoms with Gasteiger partial charge in [0.05, 0.1) is 13.2 Å². The summed E-state index contributed by atoms with van der Waals surface area (Å²) in [6.45, 7) is 1.01. The first-order valence-electron chi connectivity index (χ1n) is 7.41. The van der Waals surface area contributed by atoms with E-state index in [0.717, 1.165) is 12.8 Å². The molecule has 0 radical (unpaired) electrons. The van der Waals surface area contributed by atoms with Gasteiger partial charge in [-0.25, -0.2) is 0 Å². The number of rotatable bonds is 9. The Labute approximate surface area is 150 Å². The number of hydrogen-bond acceptors (Lipinski definition) is 4. The van der Waals surface area contributed by atoms with Crippen molar-refractivity contribution in [2.45, 2.75) is 12.8 Å². The molecule has 4 nitrogen and oxygen atoms in total. The van der Waals surface area contributed by atoms with Crippen molar-refractivity contribution in [3.05, 3.63) is 59.7 Å². The predicted octanol–water partition coefficient (Wildman–Crippen LogP) is 4.68. The Hall–Kier alpha value is -2.04. The monoisotopic (exact) mass is 366 g/mol. The van der Waals surface area contributed by atoms with E-state index >= 15 is 0 Å². The predicted molar refractivity (Wildman–Crippen MR) is 93.5 cm³/mol. The highest BCUT2D eigenvalue weighted by atomic mass is 35.5. The molecule has 126 valence electrons. The summed E-state index contributed by atoms with van der Waals surface area (Å²) in [6, 6.07) is 13.5. The molecule has 0 heterocycles. The fraction of sp³-hybridized carbons (Fsp3) is 0.222. The van der Waals surface area contributed by atoms with Crippen molar-refractivity contribution in [1.82, 2.24) is 0 Å². The van der Waals surface area contributed by atoms with Gasteiger partial charge in [0.2, 0.25) is 0 Å². The van der Waals surface area contributed by atoms with Crippen LogP contribution >= 0.6 is 23.2 Å². The van der Waals surface area contributed by atoms with Gasteiger partial charge in [-0.1, -0.05) is 12.1 Å². The Balaban J connectivity index is 1.68. The molecular formula is C18H16Cl2O4. The van der Waals surface area contributed by atoms with Gasteiger partial charge in [0.15, 0.2) is 0 Å². The van der Waals surface area contributed by atoms with Crippen LogP contribution in [0.25, 0.3) is 0 Å². The molecule has 2 rings (SSSR count). The molecule has 0 N–H and O–H groups in total. The Bertz CT molecular complexity index is 654. The van der Waals surface area contributed by atoms with Crippen LogP contribution in [0.3, 0.4) is 0 Å². The maximum atomic E-state index is 11.1. The number of unbranched alkanes of at least 4 members (excludes halogenated alkanes) is 1. The number of benzene rings is 2. The van der Waals surface area contributed by atoms with Crippen molar-refractivity contribution in [3.8, 4) is 11.5 Å². The number of ether oxygens (including phenoxy) is 2. The minimum absolute atomic E-state index is 0.409. The highest BCUT2D eigenvalue weighted by Gasteiger charge is 2.04. The van der Waals surface area contributed by atoms with Crippen molar-refractivity contribution in [1.29, 1.82) is 0 Å². The molecule has 0 fully saturated rings. The minimum Gasteiger partial charge on any atom is -0.494 e. The first-order chi connectivity index (χ1) is 11.6. The summed E-state index contributed by atoms with van der Waals surface area (Å²) in [5, 5.41) is -1.02. The quantitative estimate of drug-likeness (QED) is 0.477. The van der Waals surface area contributed by atoms with Crippen LogP contribution in [0, 0.1) is 0 Å². The summed E-state index contributed by atoms with van der Waals surface area (Å²) in [6.07, 6.45) is 1.57. The van der Waals surface area contributed by atoms with E-state index in [2.05, 4.69) is 0 Å². The van der Waals surface area contributed by atoms with Gasteiger partial charge in [-0.2, -0.15) is 0 Å². The van der Waals surface area contributed by atoms with E-state index in [1.165, 1.54) is 0 Å². The standard InChI is InChI=1S/C18H16Cl2O4/c19-17(21)13-5-3-7-15(11-13)23-9-1-2-10-24-16-8-4-6-14(12-16)18(20)22/h3-8,11-12H,1-2,9-10H2. The number of carbonyl (C=O) groups is 2. The summed E-state index contributed by atoms with van der Waals surface area (Å²) in [7, 11) is 0. The van der Waals surface area contributed by atoms with Crippen LogP contribution < -0.4 is 9.47 Å². The Morgan fingerprint density at radius 3 is 1.54 bits per heavy atom. The summed E-state index contributed by atoms with van der Waals surface area (Å²) in [5.74, 6) is 1.21. The lowest BCUT2D eigenvalue weighted by atomic mass is 10.2. The van der Waals surface area contributed by atoms with Crippen molar-refractivity contribution < 1.29 is 19.1 Å². The van der Waals surface area contributed by atoms with Gasteiger partial charge in [-0.15, -0.1) is 0 Å². The second-order valence-electron chi connectivity index (χ2n) is 5.01. The van der Waals surface area contributed by atoms with Crippen molar-refractivity contribution in [3.63, 3.8) is 0 Å². The second kappa shape index (κ2) is 9.30. The first-order valence-corrected chi connectivity index (χ1v) is 8.17. The van der Waals surface area contributed by atoms with Gasteiger partial charge in [0.25, 0.3) is 10.5 Å². The van der Waals surface area contributed by atoms with Crippen LogP contribution in [0.1, 0.15) is 33.6 Å². The highest BCUT2D eigenvalue weighted by Crippen LogP contribution is 2.16. The van der Waals surface area contributed by atoms with E-state index in [-0.39, 0.29) is 0 Å². The third-order valence-corrected chi connectivity index (χ3v) is 3.63. The first kappa shape index (κ1) is 18.3. The minimum atomic E-state index is -0.508. The highest BCUT2D eigenvalue weighted by molar-refractivity contribution is 6.68. The molecule has 6 heteroatoms. The fourth-order valence-electron chi connectivity index (χ4n) is 2.00. The molecule has 0 aliphatic heterocycles. The van der Waals surface area contributed by atoms with Crippen LogP contribution in [0.2, 0.25) is 0 Å². The van der Waals surface area contributed by atoms with Gasteiger partial charge in [-0.3, -0.25) is 9.59 Å². The summed E-state index contributed by atoms with van der Waals surface area (Å²) in [5.41, 5.74) is 0.817. The molecule has 2 aromatic carbocycles. The lowest BCUT2D eigenvalue weighted by molar-refractivity contribution is 0.107. The summed E-state index contributed by atoms with van der Waals surface area (Å²) in [4.78, 5) is 22.2. The van der Waals surface area contributed by atoms with Gasteiger partial charge in [0, 0.05) is 11.1 Å². The molecule has 0 saturated heterocycles. The third kappa shape index (κ3) is 5.87. The lowest BCUT2D eigenvalue weighted by Gasteiger charge is -2.08. The number of carbonyl (C=O) groups excluding carboxylic acids is 2. The molecule has 0 atom stereocenters. The molecule has 0 bridgehead atoms. The summed E-state index contributed by atoms with van der Waals surface area (Å²) >= 11 is 10.9. The summed E-state index contributed by atoms with van der Waals surface area (Å²) < 4.78 is 11.1. The van der Waals surface area contributed by atoms with Crippen molar-refractivity contribution >= 4 is 33.7 Å². The zero-order valence-electron chi connectivity index (χ0n) is 12.8. The van der Waals surface area contributed by atoms with E-state index in [4.69, 9.17) is 32.7 Å². The molecular weight excluding hydrogens is 351 g/mol. The lowest BCUT2D eigenvalue weighted by Crippen LogP contribution is -2.03. The molecule has 0 aliphatic carbocycles. The molecule has 0 saturated carbocycles. The van der Waals surface area contributed by atoms with E-state index in [1.807, 2.05) is 0 Å². The molecule has 24 heavy (non-hydrogen) atoms. The van der Waals surface area contributed by atoms with Crippen LogP contribution in [0.15, 0.2) is 48.5 Å². The fourth-order valence-corrected chi connectivity index (χ4v) is 2.24. The second-order valence-corrected chi connectivity index (χ2v) is 5.69. The van der Waals surface area contributed by atoms with E-state index in [1.54, 1.807) is 48.5 Å². The number of hydrogen-bond donors (Lipinski definition) is 0. The topological polar surface area (TPSA) is 52.6 Å². The van der Waals surface area contributed by atoms with E-state index < -0.39 is 10.5 Å². The molecule has 0 aliphatic rings. The average molecular weight is 367 g/mol. The number of halogens is 2. The van der Waals surface area contributed by atoms with Gasteiger partial charge in [-0.05, 0) is 72.4 Å². The largest absolute Gasteiger partial charge is 0.494 e. The van der Waals surface area contributed by atoms with Gasteiger partial charge < -0.3 is 9.47 Å². The maximum absolute atomic E-state index is 11.1. The maximum Gasteiger partial charge on any atom is 0.252 e. The Kier molecular flexibility index (Phi) is 7.09. The van der Waals surface area contributed by atoms with Gasteiger partial charge >= 0.3 is 0 Å². The van der Waals surface area contributed by atoms with E-state index in [9.17, 15) is 9.59 Å². The van der Waals surface area contributed by atoms with Crippen LogP contribution in [0.4, 0.5) is 0 Å². The zero-order valence-corrected chi connectivity index (χ0v) is 14.3.